The van der Waals surface area contributed by atoms with E-state index in [0.29, 0.717) is 17.9 Å². The minimum atomic E-state index is -2.59. The Bertz CT molecular complexity index is 1360. The van der Waals surface area contributed by atoms with Crippen LogP contribution < -0.4 is 11.2 Å². The Morgan fingerprint density at radius 3 is 2.31 bits per heavy atom. The summed E-state index contributed by atoms with van der Waals surface area (Å²) in [5.41, 5.74) is 0.766. The quantitative estimate of drug-likeness (QED) is 0.479. The van der Waals surface area contributed by atoms with Crippen molar-refractivity contribution in [1.29, 1.82) is 0 Å². The molecule has 0 aliphatic rings. The van der Waals surface area contributed by atoms with E-state index in [0.717, 1.165) is 10.1 Å². The smallest absolute Gasteiger partial charge is 0.332 e. The van der Waals surface area contributed by atoms with E-state index < -0.39 is 17.7 Å². The number of hydrogen-bond donors (Lipinski definition) is 1. The zero-order valence-corrected chi connectivity index (χ0v) is 17.4. The number of benzene rings is 2. The van der Waals surface area contributed by atoms with Gasteiger partial charge in [0.2, 0.25) is 0 Å². The second kappa shape index (κ2) is 8.88. The average Bonchev–Trinajstić information content (AvgIpc) is 3.18. The molecule has 2 aromatic carbocycles. The molecule has 7 nitrogen and oxygen atoms in total. The van der Waals surface area contributed by atoms with E-state index in [1.807, 2.05) is 30.3 Å². The zero-order valence-electron chi connectivity index (χ0n) is 17.4. The first-order valence-corrected chi connectivity index (χ1v) is 10.2. The van der Waals surface area contributed by atoms with E-state index in [1.54, 1.807) is 4.57 Å². The van der Waals surface area contributed by atoms with Crippen LogP contribution in [0.5, 0.6) is 0 Å². The van der Waals surface area contributed by atoms with Crippen molar-refractivity contribution < 1.29 is 13.9 Å². The summed E-state index contributed by atoms with van der Waals surface area (Å²) in [5, 5.41) is 9.16. The minimum Gasteiger partial charge on any atom is -0.396 e. The number of rotatable bonds is 7. The van der Waals surface area contributed by atoms with E-state index in [4.69, 9.17) is 5.11 Å². The average molecular weight is 440 g/mol. The molecule has 0 unspecified atom stereocenters. The summed E-state index contributed by atoms with van der Waals surface area (Å²) in [6.07, 6.45) is -2.33. The Hall–Kier alpha value is -3.59. The van der Waals surface area contributed by atoms with Crippen molar-refractivity contribution in [2.45, 2.75) is 25.9 Å². The lowest BCUT2D eigenvalue weighted by molar-refractivity contribution is 0.151. The minimum absolute atomic E-state index is 0.0763. The Balaban J connectivity index is 1.99. The molecule has 0 aliphatic carbocycles. The maximum Gasteiger partial charge on any atom is 0.332 e. The van der Waals surface area contributed by atoms with Crippen molar-refractivity contribution in [3.05, 3.63) is 86.6 Å². The molecule has 9 heteroatoms. The Morgan fingerprint density at radius 1 is 1.00 bits per heavy atom. The molecule has 4 aromatic rings. The Morgan fingerprint density at radius 2 is 1.69 bits per heavy atom. The first kappa shape index (κ1) is 21.6. The fourth-order valence-corrected chi connectivity index (χ4v) is 3.72. The second-order valence-corrected chi connectivity index (χ2v) is 7.48. The molecule has 166 valence electrons. The van der Waals surface area contributed by atoms with Gasteiger partial charge in [-0.25, -0.2) is 18.6 Å². The molecule has 0 saturated heterocycles. The number of fused-ring (bicyclic) bond motifs is 1. The third-order valence-corrected chi connectivity index (χ3v) is 5.38. The summed E-state index contributed by atoms with van der Waals surface area (Å²) in [5.74, 6) is 0.400. The summed E-state index contributed by atoms with van der Waals surface area (Å²) in [4.78, 5) is 30.6. The number of aryl methyl sites for hydroxylation is 1. The summed E-state index contributed by atoms with van der Waals surface area (Å²) in [7, 11) is 1.53. The monoisotopic (exact) mass is 440 g/mol. The molecular formula is C23H22F2N4O3. The number of aromatic nitrogens is 4. The summed E-state index contributed by atoms with van der Waals surface area (Å²) >= 11 is 0. The highest BCUT2D eigenvalue weighted by Gasteiger charge is 2.21. The maximum absolute atomic E-state index is 13.3. The lowest BCUT2D eigenvalue weighted by Gasteiger charge is -2.11. The molecule has 4 rings (SSSR count). The molecule has 2 aromatic heterocycles. The Kier molecular flexibility index (Phi) is 6.00. The molecule has 1 N–H and O–H groups in total. The van der Waals surface area contributed by atoms with Crippen LogP contribution in [0.4, 0.5) is 8.78 Å². The van der Waals surface area contributed by atoms with Gasteiger partial charge in [0, 0.05) is 37.9 Å². The van der Waals surface area contributed by atoms with Gasteiger partial charge in [-0.15, -0.1) is 0 Å². The van der Waals surface area contributed by atoms with Crippen LogP contribution in [0.15, 0.2) is 64.2 Å². The van der Waals surface area contributed by atoms with E-state index >= 15 is 0 Å². The molecule has 0 aliphatic heterocycles. The van der Waals surface area contributed by atoms with Gasteiger partial charge >= 0.3 is 5.69 Å². The number of aliphatic hydroxyl groups is 1. The van der Waals surface area contributed by atoms with Gasteiger partial charge in [-0.05, 0) is 12.0 Å². The normalized spacial score (nSPS) is 11.5. The molecule has 0 spiro atoms. The maximum atomic E-state index is 13.3. The number of hydrogen-bond acceptors (Lipinski definition) is 4. The van der Waals surface area contributed by atoms with Crippen LogP contribution >= 0.6 is 0 Å². The van der Waals surface area contributed by atoms with Gasteiger partial charge in [0.15, 0.2) is 11.2 Å². The largest absolute Gasteiger partial charge is 0.396 e. The SMILES string of the molecule is Cn1c(=O)n(CCCO)c(=O)c2c1nc(-c1ccc(C(F)F)cc1)n2Cc1ccccc1. The number of imidazole rings is 1. The van der Waals surface area contributed by atoms with Gasteiger partial charge in [-0.2, -0.15) is 0 Å². The fraction of sp³-hybridized carbons (Fsp3) is 0.261. The number of aliphatic hydroxyl groups excluding tert-OH is 1. The molecule has 0 fully saturated rings. The van der Waals surface area contributed by atoms with Crippen molar-refractivity contribution in [3.63, 3.8) is 0 Å². The predicted molar refractivity (Wildman–Crippen MR) is 117 cm³/mol. The molecular weight excluding hydrogens is 418 g/mol. The van der Waals surface area contributed by atoms with E-state index in [2.05, 4.69) is 4.98 Å². The first-order chi connectivity index (χ1) is 15.4. The Labute approximate surface area is 181 Å². The first-order valence-electron chi connectivity index (χ1n) is 10.2. The van der Waals surface area contributed by atoms with Crippen LogP contribution in [0, 0.1) is 0 Å². The van der Waals surface area contributed by atoms with Crippen molar-refractivity contribution in [2.24, 2.45) is 7.05 Å². The molecule has 0 saturated carbocycles. The number of nitrogens with zero attached hydrogens (tertiary/aromatic N) is 4. The molecule has 0 radical (unpaired) electrons. The standard InChI is InChI=1S/C23H22F2N4O3/c1-27-21-18(22(31)28(23(27)32)12-5-13-30)29(14-15-6-3-2-4-7-15)20(26-21)17-10-8-16(9-11-17)19(24)25/h2-4,6-11,19,30H,5,12-14H2,1H3. The fourth-order valence-electron chi connectivity index (χ4n) is 3.72. The highest BCUT2D eigenvalue weighted by atomic mass is 19.3. The van der Waals surface area contributed by atoms with Gasteiger partial charge in [-0.1, -0.05) is 54.6 Å². The van der Waals surface area contributed by atoms with Crippen LogP contribution in [-0.4, -0.2) is 30.4 Å². The van der Waals surface area contributed by atoms with Crippen LogP contribution in [-0.2, 0) is 20.1 Å². The third-order valence-electron chi connectivity index (χ3n) is 5.38. The molecule has 2 heterocycles. The molecule has 0 amide bonds. The highest BCUT2D eigenvalue weighted by Crippen LogP contribution is 2.26. The van der Waals surface area contributed by atoms with E-state index in [9.17, 15) is 18.4 Å². The lowest BCUT2D eigenvalue weighted by atomic mass is 10.1. The van der Waals surface area contributed by atoms with Crippen LogP contribution in [0.1, 0.15) is 24.0 Å². The van der Waals surface area contributed by atoms with E-state index in [-0.39, 0.29) is 36.3 Å². The van der Waals surface area contributed by atoms with Crippen LogP contribution in [0.2, 0.25) is 0 Å². The predicted octanol–water partition coefficient (Wildman–Crippen LogP) is 2.93. The van der Waals surface area contributed by atoms with Crippen molar-refractivity contribution in [2.75, 3.05) is 6.61 Å². The van der Waals surface area contributed by atoms with Crippen molar-refractivity contribution in [1.82, 2.24) is 18.7 Å². The van der Waals surface area contributed by atoms with Gasteiger partial charge in [-0.3, -0.25) is 13.9 Å². The van der Waals surface area contributed by atoms with Gasteiger partial charge < -0.3 is 9.67 Å². The van der Waals surface area contributed by atoms with Crippen molar-refractivity contribution in [3.8, 4) is 11.4 Å². The van der Waals surface area contributed by atoms with Crippen LogP contribution in [0.3, 0.4) is 0 Å². The topological polar surface area (TPSA) is 82.0 Å². The third kappa shape index (κ3) is 3.87. The molecule has 0 atom stereocenters. The van der Waals surface area contributed by atoms with Crippen molar-refractivity contribution >= 4 is 11.2 Å². The van der Waals surface area contributed by atoms with Gasteiger partial charge in [0.25, 0.3) is 12.0 Å². The summed E-state index contributed by atoms with van der Waals surface area (Å²) in [6, 6.07) is 15.2. The van der Waals surface area contributed by atoms with Gasteiger partial charge in [0.05, 0.1) is 0 Å². The highest BCUT2D eigenvalue weighted by molar-refractivity contribution is 5.77. The number of halogens is 2. The molecule has 32 heavy (non-hydrogen) atoms. The lowest BCUT2D eigenvalue weighted by Crippen LogP contribution is -2.39. The second-order valence-electron chi connectivity index (χ2n) is 7.48. The van der Waals surface area contributed by atoms with Gasteiger partial charge in [0.1, 0.15) is 5.82 Å². The summed E-state index contributed by atoms with van der Waals surface area (Å²) < 4.78 is 30.1. The van der Waals surface area contributed by atoms with E-state index in [1.165, 1.54) is 35.9 Å². The number of alkyl halides is 2. The zero-order chi connectivity index (χ0) is 22.8. The van der Waals surface area contributed by atoms with Crippen LogP contribution in [0.25, 0.3) is 22.6 Å². The molecule has 0 bridgehead atoms. The summed E-state index contributed by atoms with van der Waals surface area (Å²) in [6.45, 7) is 0.224.